The van der Waals surface area contributed by atoms with Gasteiger partial charge >= 0.3 is 13.5 Å². The molecule has 1 aromatic rings. The van der Waals surface area contributed by atoms with Crippen LogP contribution < -0.4 is 11.2 Å². The number of ether oxygens (including phenoxy) is 1. The maximum Gasteiger partial charge on any atom is 0.469 e. The second-order valence-electron chi connectivity index (χ2n) is 4.87. The summed E-state index contributed by atoms with van der Waals surface area (Å²) in [7, 11) is -4.91. The standard InChI is InChI=1S/C11H12FN2O9P/c1-2-11(18)7(15)6(4-22-24(19,20)21)23-9(11)14-3-5(12)8(16)13-10(14)17/h1,3,6-7,9,15,18H,4H2,(H,13,16,17)(H2,19,20,21)/t6-,7-,9-,11-/m1/s1. The topological polar surface area (TPSA) is 171 Å². The van der Waals surface area contributed by atoms with Crippen LogP contribution in [-0.2, 0) is 13.8 Å². The third-order valence-corrected chi connectivity index (χ3v) is 3.78. The molecule has 0 amide bonds. The highest BCUT2D eigenvalue weighted by Crippen LogP contribution is 2.41. The Hall–Kier alpha value is -1.84. The van der Waals surface area contributed by atoms with Crippen LogP contribution in [0.1, 0.15) is 6.23 Å². The minimum Gasteiger partial charge on any atom is -0.386 e. The zero-order valence-electron chi connectivity index (χ0n) is 11.7. The van der Waals surface area contributed by atoms with E-state index >= 15 is 0 Å². The number of aliphatic hydroxyl groups excluding tert-OH is 1. The molecule has 0 aromatic carbocycles. The number of terminal acetylenes is 1. The quantitative estimate of drug-likeness (QED) is 0.283. The molecular formula is C11H12FN2O9P. The lowest BCUT2D eigenvalue weighted by Crippen LogP contribution is -2.48. The summed E-state index contributed by atoms with van der Waals surface area (Å²) in [6.07, 6.45) is 0.217. The van der Waals surface area contributed by atoms with E-state index in [2.05, 4.69) is 4.52 Å². The number of rotatable bonds is 4. The monoisotopic (exact) mass is 366 g/mol. The van der Waals surface area contributed by atoms with Crippen LogP contribution in [0.15, 0.2) is 15.8 Å². The number of nitrogens with zero attached hydrogens (tertiary/aromatic N) is 1. The summed E-state index contributed by atoms with van der Waals surface area (Å²) in [6.45, 7) is -0.882. The van der Waals surface area contributed by atoms with Gasteiger partial charge in [-0.05, 0) is 0 Å². The van der Waals surface area contributed by atoms with Crippen LogP contribution in [0.5, 0.6) is 0 Å². The molecule has 0 bridgehead atoms. The van der Waals surface area contributed by atoms with Gasteiger partial charge in [0.05, 0.1) is 12.8 Å². The molecule has 0 saturated carbocycles. The SMILES string of the molecule is C#C[C@@]1(O)[C@H](O)[C@@H](COP(=O)(O)O)O[C@H]1n1cc(F)c(=O)[nH]c1=O. The van der Waals surface area contributed by atoms with Crippen LogP contribution in [0.3, 0.4) is 0 Å². The molecule has 0 radical (unpaired) electrons. The molecule has 13 heteroatoms. The van der Waals surface area contributed by atoms with Gasteiger partial charge in [0.1, 0.15) is 12.2 Å². The molecule has 4 atom stereocenters. The van der Waals surface area contributed by atoms with Crippen molar-refractivity contribution in [1.82, 2.24) is 9.55 Å². The van der Waals surface area contributed by atoms with Gasteiger partial charge in [0, 0.05) is 0 Å². The lowest BCUT2D eigenvalue weighted by Gasteiger charge is -2.26. The number of nitrogens with one attached hydrogen (secondary N) is 1. The first-order valence-electron chi connectivity index (χ1n) is 6.24. The van der Waals surface area contributed by atoms with Gasteiger partial charge < -0.3 is 24.7 Å². The fourth-order valence-electron chi connectivity index (χ4n) is 2.14. The first kappa shape index (κ1) is 18.5. The smallest absolute Gasteiger partial charge is 0.386 e. The van der Waals surface area contributed by atoms with Crippen molar-refractivity contribution >= 4 is 7.82 Å². The number of hydrogen-bond acceptors (Lipinski definition) is 7. The Morgan fingerprint density at radius 2 is 2.17 bits per heavy atom. The molecule has 2 heterocycles. The lowest BCUT2D eigenvalue weighted by molar-refractivity contribution is -0.0765. The van der Waals surface area contributed by atoms with Crippen molar-refractivity contribution in [2.24, 2.45) is 0 Å². The van der Waals surface area contributed by atoms with Crippen molar-refractivity contribution in [3.8, 4) is 12.3 Å². The summed E-state index contributed by atoms with van der Waals surface area (Å²) >= 11 is 0. The van der Waals surface area contributed by atoms with Crippen LogP contribution >= 0.6 is 7.82 Å². The molecule has 1 aromatic heterocycles. The fraction of sp³-hybridized carbons (Fsp3) is 0.455. The molecule has 0 spiro atoms. The van der Waals surface area contributed by atoms with Crippen LogP contribution in [0, 0.1) is 18.2 Å². The van der Waals surface area contributed by atoms with Crippen molar-refractivity contribution in [3.05, 3.63) is 32.9 Å². The molecule has 0 aliphatic carbocycles. The van der Waals surface area contributed by atoms with E-state index in [9.17, 15) is 28.8 Å². The largest absolute Gasteiger partial charge is 0.469 e. The van der Waals surface area contributed by atoms with Gasteiger partial charge in [0.2, 0.25) is 5.82 Å². The first-order chi connectivity index (χ1) is 11.0. The Morgan fingerprint density at radius 1 is 1.54 bits per heavy atom. The summed E-state index contributed by atoms with van der Waals surface area (Å²) in [5.41, 5.74) is -5.07. The predicted molar refractivity (Wildman–Crippen MR) is 73.0 cm³/mol. The van der Waals surface area contributed by atoms with Crippen LogP contribution in [-0.4, -0.2) is 54.0 Å². The maximum atomic E-state index is 13.4. The Labute approximate surface area is 132 Å². The molecule has 1 saturated heterocycles. The molecule has 11 nitrogen and oxygen atoms in total. The van der Waals surface area contributed by atoms with Gasteiger partial charge in [-0.1, -0.05) is 5.92 Å². The van der Waals surface area contributed by atoms with E-state index in [-0.39, 0.29) is 0 Å². The second-order valence-corrected chi connectivity index (χ2v) is 6.11. The van der Waals surface area contributed by atoms with Crippen molar-refractivity contribution in [3.63, 3.8) is 0 Å². The highest BCUT2D eigenvalue weighted by Gasteiger charge is 2.56. The Bertz CT molecular complexity index is 839. The van der Waals surface area contributed by atoms with Crippen molar-refractivity contribution in [1.29, 1.82) is 0 Å². The van der Waals surface area contributed by atoms with Crippen LogP contribution in [0.4, 0.5) is 4.39 Å². The number of hydrogen-bond donors (Lipinski definition) is 5. The lowest BCUT2D eigenvalue weighted by atomic mass is 9.95. The van der Waals surface area contributed by atoms with Gasteiger partial charge in [0.25, 0.3) is 5.56 Å². The summed E-state index contributed by atoms with van der Waals surface area (Å²) in [5.74, 6) is 0.397. The summed E-state index contributed by atoms with van der Waals surface area (Å²) in [5, 5.41) is 20.4. The van der Waals surface area contributed by atoms with E-state index in [1.807, 2.05) is 0 Å². The maximum absolute atomic E-state index is 13.4. The second kappa shape index (κ2) is 6.23. The third kappa shape index (κ3) is 3.33. The molecule has 2 rings (SSSR count). The average Bonchev–Trinajstić information content (AvgIpc) is 2.73. The Balaban J connectivity index is 2.41. The van der Waals surface area contributed by atoms with E-state index in [0.29, 0.717) is 10.8 Å². The molecule has 5 N–H and O–H groups in total. The molecule has 132 valence electrons. The predicted octanol–water partition coefficient (Wildman–Crippen LogP) is -2.59. The summed E-state index contributed by atoms with van der Waals surface area (Å²) in [4.78, 5) is 41.7. The molecular weight excluding hydrogens is 354 g/mol. The van der Waals surface area contributed by atoms with Crippen LogP contribution in [0.2, 0.25) is 0 Å². The summed E-state index contributed by atoms with van der Waals surface area (Å²) < 4.78 is 33.7. The average molecular weight is 366 g/mol. The van der Waals surface area contributed by atoms with Gasteiger partial charge in [-0.2, -0.15) is 4.39 Å². The zero-order chi connectivity index (χ0) is 18.3. The number of H-pyrrole nitrogens is 1. The molecule has 0 unspecified atom stereocenters. The normalized spacial score (nSPS) is 30.2. The van der Waals surface area contributed by atoms with Gasteiger partial charge in [-0.25, -0.2) is 9.36 Å². The minimum atomic E-state index is -4.91. The highest BCUT2D eigenvalue weighted by atomic mass is 31.2. The van der Waals surface area contributed by atoms with Gasteiger partial charge in [-0.15, -0.1) is 6.42 Å². The summed E-state index contributed by atoms with van der Waals surface area (Å²) in [6, 6.07) is 0. The van der Waals surface area contributed by atoms with E-state index < -0.39 is 55.5 Å². The zero-order valence-corrected chi connectivity index (χ0v) is 12.6. The highest BCUT2D eigenvalue weighted by molar-refractivity contribution is 7.46. The number of phosphoric ester groups is 1. The van der Waals surface area contributed by atoms with Crippen molar-refractivity contribution in [2.75, 3.05) is 6.61 Å². The Kier molecular flexibility index (Phi) is 4.80. The number of aromatic nitrogens is 2. The first-order valence-corrected chi connectivity index (χ1v) is 7.77. The van der Waals surface area contributed by atoms with Crippen LogP contribution in [0.25, 0.3) is 0 Å². The van der Waals surface area contributed by atoms with E-state index in [1.165, 1.54) is 0 Å². The molecule has 1 aliphatic rings. The number of aliphatic hydroxyl groups is 2. The Morgan fingerprint density at radius 3 is 2.71 bits per heavy atom. The molecule has 1 fully saturated rings. The number of halogens is 1. The van der Waals surface area contributed by atoms with Crippen molar-refractivity contribution in [2.45, 2.75) is 24.0 Å². The van der Waals surface area contributed by atoms with Gasteiger partial charge in [0.15, 0.2) is 11.8 Å². The van der Waals surface area contributed by atoms with E-state index in [0.717, 1.165) is 0 Å². The molecule has 24 heavy (non-hydrogen) atoms. The number of phosphoric acid groups is 1. The van der Waals surface area contributed by atoms with E-state index in [1.54, 1.807) is 10.9 Å². The minimum absolute atomic E-state index is 0.400. The van der Waals surface area contributed by atoms with Gasteiger partial charge in [-0.3, -0.25) is 18.9 Å². The third-order valence-electron chi connectivity index (χ3n) is 3.30. The van der Waals surface area contributed by atoms with E-state index in [4.69, 9.17) is 20.9 Å². The molecule has 1 aliphatic heterocycles. The number of aromatic amines is 1. The van der Waals surface area contributed by atoms with Crippen molar-refractivity contribution < 1.29 is 38.2 Å². The fourth-order valence-corrected chi connectivity index (χ4v) is 2.48.